The molecule has 0 aliphatic carbocycles. The number of benzene rings is 1. The van der Waals surface area contributed by atoms with Crippen molar-refractivity contribution in [3.8, 4) is 0 Å². The number of halogens is 4. The first-order valence-corrected chi connectivity index (χ1v) is 5.69. The van der Waals surface area contributed by atoms with E-state index in [4.69, 9.17) is 0 Å². The van der Waals surface area contributed by atoms with E-state index in [9.17, 15) is 18.0 Å². The summed E-state index contributed by atoms with van der Waals surface area (Å²) in [6, 6.07) is 3.58. The molecule has 0 aliphatic heterocycles. The first kappa shape index (κ1) is 14.8. The molecule has 0 bridgehead atoms. The van der Waals surface area contributed by atoms with Gasteiger partial charge in [0.25, 0.3) is 0 Å². The van der Waals surface area contributed by atoms with Gasteiger partial charge in [0.1, 0.15) is 6.54 Å². The molecule has 0 saturated carbocycles. The van der Waals surface area contributed by atoms with Crippen molar-refractivity contribution in [1.82, 2.24) is 0 Å². The monoisotopic (exact) mass is 325 g/mol. The fourth-order valence-corrected chi connectivity index (χ4v) is 1.75. The van der Waals surface area contributed by atoms with Gasteiger partial charge in [0.05, 0.1) is 18.4 Å². The van der Waals surface area contributed by atoms with Crippen LogP contribution in [0.2, 0.25) is 0 Å². The van der Waals surface area contributed by atoms with Crippen LogP contribution >= 0.6 is 15.9 Å². The van der Waals surface area contributed by atoms with Crippen molar-refractivity contribution in [2.75, 3.05) is 25.6 Å². The largest absolute Gasteiger partial charge is 0.468 e. The zero-order valence-corrected chi connectivity index (χ0v) is 11.3. The summed E-state index contributed by atoms with van der Waals surface area (Å²) in [5.74, 6) is -0.606. The number of alkyl halides is 3. The Morgan fingerprint density at radius 2 is 2.06 bits per heavy atom. The number of nitrogens with zero attached hydrogens (tertiary/aromatic N) is 1. The Balaban J connectivity index is 3.13. The number of esters is 1. The molecule has 0 unspecified atom stereocenters. The lowest BCUT2D eigenvalue weighted by Crippen LogP contribution is -2.28. The van der Waals surface area contributed by atoms with Crippen molar-refractivity contribution in [2.45, 2.75) is 6.18 Å². The van der Waals surface area contributed by atoms with Gasteiger partial charge in [-0.25, -0.2) is 0 Å². The van der Waals surface area contributed by atoms with Gasteiger partial charge in [-0.15, -0.1) is 0 Å². The number of carbonyl (C=O) groups is 1. The SMILES string of the molecule is COC(=O)CN(C)c1cc(Br)ccc1C(F)(F)F. The van der Waals surface area contributed by atoms with E-state index in [-0.39, 0.29) is 12.2 Å². The van der Waals surface area contributed by atoms with Crippen molar-refractivity contribution < 1.29 is 22.7 Å². The third-order valence-corrected chi connectivity index (χ3v) is 2.76. The predicted molar refractivity (Wildman–Crippen MR) is 64.4 cm³/mol. The number of carbonyl (C=O) groups excluding carboxylic acids is 1. The van der Waals surface area contributed by atoms with E-state index in [1.807, 2.05) is 0 Å². The maximum absolute atomic E-state index is 12.8. The highest BCUT2D eigenvalue weighted by molar-refractivity contribution is 9.10. The normalized spacial score (nSPS) is 11.2. The minimum Gasteiger partial charge on any atom is -0.468 e. The molecule has 0 fully saturated rings. The van der Waals surface area contributed by atoms with Gasteiger partial charge in [-0.3, -0.25) is 4.79 Å². The van der Waals surface area contributed by atoms with E-state index in [0.29, 0.717) is 4.47 Å². The second-order valence-electron chi connectivity index (χ2n) is 3.59. The van der Waals surface area contributed by atoms with Crippen LogP contribution < -0.4 is 4.90 Å². The van der Waals surface area contributed by atoms with Crippen molar-refractivity contribution in [2.24, 2.45) is 0 Å². The second kappa shape index (κ2) is 5.60. The summed E-state index contributed by atoms with van der Waals surface area (Å²) in [6.45, 7) is -0.254. The number of hydrogen-bond acceptors (Lipinski definition) is 3. The summed E-state index contributed by atoms with van der Waals surface area (Å²) < 4.78 is 43.3. The smallest absolute Gasteiger partial charge is 0.418 e. The lowest BCUT2D eigenvalue weighted by atomic mass is 10.1. The summed E-state index contributed by atoms with van der Waals surface area (Å²) in [5.41, 5.74) is -0.876. The van der Waals surface area contributed by atoms with Crippen LogP contribution in [0.25, 0.3) is 0 Å². The molecule has 0 amide bonds. The van der Waals surface area contributed by atoms with E-state index in [1.54, 1.807) is 0 Å². The van der Waals surface area contributed by atoms with Gasteiger partial charge in [-0.1, -0.05) is 15.9 Å². The minimum absolute atomic E-state index is 0.0812. The molecule has 7 heteroatoms. The quantitative estimate of drug-likeness (QED) is 0.800. The van der Waals surface area contributed by atoms with Gasteiger partial charge < -0.3 is 9.64 Å². The van der Waals surface area contributed by atoms with Crippen LogP contribution in [-0.2, 0) is 15.7 Å². The Morgan fingerprint density at radius 3 is 2.56 bits per heavy atom. The fraction of sp³-hybridized carbons (Fsp3) is 0.364. The average molecular weight is 326 g/mol. The summed E-state index contributed by atoms with van der Waals surface area (Å²) in [5, 5.41) is 0. The molecule has 100 valence electrons. The molecule has 0 aromatic heterocycles. The van der Waals surface area contributed by atoms with Gasteiger partial charge in [0.15, 0.2) is 0 Å². The van der Waals surface area contributed by atoms with Crippen molar-refractivity contribution in [3.05, 3.63) is 28.2 Å². The van der Waals surface area contributed by atoms with Crippen LogP contribution in [0.5, 0.6) is 0 Å². The van der Waals surface area contributed by atoms with Gasteiger partial charge in [0.2, 0.25) is 0 Å². The third-order valence-electron chi connectivity index (χ3n) is 2.27. The molecule has 3 nitrogen and oxygen atoms in total. The molecule has 1 aromatic rings. The Bertz CT molecular complexity index is 448. The maximum Gasteiger partial charge on any atom is 0.418 e. The molecule has 0 N–H and O–H groups in total. The Morgan fingerprint density at radius 1 is 1.44 bits per heavy atom. The lowest BCUT2D eigenvalue weighted by Gasteiger charge is -2.22. The van der Waals surface area contributed by atoms with Crippen LogP contribution in [0.15, 0.2) is 22.7 Å². The molecule has 0 heterocycles. The molecule has 0 saturated heterocycles. The first-order chi connectivity index (χ1) is 8.25. The molecular weight excluding hydrogens is 315 g/mol. The Kier molecular flexibility index (Phi) is 4.61. The van der Waals surface area contributed by atoms with Crippen molar-refractivity contribution in [3.63, 3.8) is 0 Å². The topological polar surface area (TPSA) is 29.5 Å². The van der Waals surface area contributed by atoms with E-state index in [2.05, 4.69) is 20.7 Å². The zero-order valence-electron chi connectivity index (χ0n) is 9.71. The summed E-state index contributed by atoms with van der Waals surface area (Å²) in [6.07, 6.45) is -4.47. The van der Waals surface area contributed by atoms with Crippen LogP contribution in [-0.4, -0.2) is 26.7 Å². The first-order valence-electron chi connectivity index (χ1n) is 4.90. The molecule has 0 atom stereocenters. The highest BCUT2D eigenvalue weighted by Gasteiger charge is 2.34. The van der Waals surface area contributed by atoms with Gasteiger partial charge >= 0.3 is 12.1 Å². The number of ether oxygens (including phenoxy) is 1. The summed E-state index contributed by atoms with van der Waals surface area (Å²) in [7, 11) is 2.58. The maximum atomic E-state index is 12.8. The number of hydrogen-bond donors (Lipinski definition) is 0. The summed E-state index contributed by atoms with van der Waals surface area (Å²) in [4.78, 5) is 12.3. The zero-order chi connectivity index (χ0) is 13.9. The molecule has 18 heavy (non-hydrogen) atoms. The molecule has 1 aromatic carbocycles. The molecule has 0 radical (unpaired) electrons. The number of methoxy groups -OCH3 is 1. The van der Waals surface area contributed by atoms with Crippen molar-refractivity contribution in [1.29, 1.82) is 0 Å². The number of rotatable bonds is 3. The van der Waals surface area contributed by atoms with Gasteiger partial charge in [-0.2, -0.15) is 13.2 Å². The van der Waals surface area contributed by atoms with Crippen LogP contribution in [0.4, 0.5) is 18.9 Å². The van der Waals surface area contributed by atoms with Crippen LogP contribution in [0, 0.1) is 0 Å². The highest BCUT2D eigenvalue weighted by atomic mass is 79.9. The third kappa shape index (κ3) is 3.63. The summed E-state index contributed by atoms with van der Waals surface area (Å²) >= 11 is 3.10. The Hall–Kier alpha value is -1.24. The van der Waals surface area contributed by atoms with Crippen LogP contribution in [0.3, 0.4) is 0 Å². The molecule has 1 rings (SSSR count). The highest BCUT2D eigenvalue weighted by Crippen LogP contribution is 2.37. The van der Waals surface area contributed by atoms with Crippen molar-refractivity contribution >= 4 is 27.6 Å². The van der Waals surface area contributed by atoms with Gasteiger partial charge in [-0.05, 0) is 18.2 Å². The lowest BCUT2D eigenvalue weighted by molar-refractivity contribution is -0.140. The van der Waals surface area contributed by atoms with E-state index in [0.717, 1.165) is 6.07 Å². The van der Waals surface area contributed by atoms with Crippen LogP contribution in [0.1, 0.15) is 5.56 Å². The van der Waals surface area contributed by atoms with E-state index in [1.165, 1.54) is 31.2 Å². The number of anilines is 1. The van der Waals surface area contributed by atoms with E-state index < -0.39 is 17.7 Å². The second-order valence-corrected chi connectivity index (χ2v) is 4.51. The molecular formula is C11H11BrF3NO2. The minimum atomic E-state index is -4.47. The molecule has 0 aliphatic rings. The molecule has 0 spiro atoms. The Labute approximate surface area is 111 Å². The van der Waals surface area contributed by atoms with E-state index >= 15 is 0 Å². The fourth-order valence-electron chi connectivity index (χ4n) is 1.40. The standard InChI is InChI=1S/C11H11BrF3NO2/c1-16(6-10(17)18-2)9-5-7(12)3-4-8(9)11(13,14)15/h3-5H,6H2,1-2H3. The van der Waals surface area contributed by atoms with Gasteiger partial charge in [0, 0.05) is 11.5 Å². The average Bonchev–Trinajstić information content (AvgIpc) is 2.26. The predicted octanol–water partition coefficient (Wildman–Crippen LogP) is 3.08. The number of likely N-dealkylation sites (N-methyl/N-ethyl adjacent to an activating group) is 1.